The van der Waals surface area contributed by atoms with E-state index in [0.717, 1.165) is 35.3 Å². The van der Waals surface area contributed by atoms with Crippen molar-refractivity contribution in [2.75, 3.05) is 0 Å². The zero-order chi connectivity index (χ0) is 22.2. The van der Waals surface area contributed by atoms with Crippen molar-refractivity contribution in [2.45, 2.75) is 70.9 Å². The summed E-state index contributed by atoms with van der Waals surface area (Å²) in [6.45, 7) is 6.53. The summed E-state index contributed by atoms with van der Waals surface area (Å²) in [4.78, 5) is 0. The van der Waals surface area contributed by atoms with Gasteiger partial charge in [0.25, 0.3) is 0 Å². The summed E-state index contributed by atoms with van der Waals surface area (Å²) in [5.41, 5.74) is 8.38. The molecule has 0 radical (unpaired) electrons. The van der Waals surface area contributed by atoms with E-state index in [9.17, 15) is 0 Å². The predicted octanol–water partition coefficient (Wildman–Crippen LogP) is 10.7. The average molecular weight is 629 g/mol. The molecule has 32 heavy (non-hydrogen) atoms. The Morgan fingerprint density at radius 1 is 0.469 bits per heavy atom. The fraction of sp³-hybridized carbons (Fsp3) is 0.379. The van der Waals surface area contributed by atoms with Crippen molar-refractivity contribution in [1.29, 1.82) is 0 Å². The molecule has 0 aromatic heterocycles. The van der Waals surface area contributed by atoms with Crippen LogP contribution in [0.1, 0.15) is 69.0 Å². The Bertz CT molecular complexity index is 761. The Kier molecular flexibility index (Phi) is 21.5. The first-order chi connectivity index (χ1) is 14.6. The summed E-state index contributed by atoms with van der Waals surface area (Å²) in [5, 5.41) is 2.88. The number of alkyl halides is 3. The number of aryl methyl sites for hydroxylation is 3. The van der Waals surface area contributed by atoms with Crippen LogP contribution in [0, 0.1) is 0 Å². The van der Waals surface area contributed by atoms with Gasteiger partial charge in [-0.15, -0.1) is 0 Å². The van der Waals surface area contributed by atoms with Crippen molar-refractivity contribution in [3.8, 4) is 0 Å². The lowest BCUT2D eigenvalue weighted by atomic mass is 10.1. The summed E-state index contributed by atoms with van der Waals surface area (Å²) in [6, 6.07) is 25.8. The second-order valence-corrected chi connectivity index (χ2v) is 8.55. The minimum absolute atomic E-state index is 0. The normalized spacial score (nSPS) is 9.19. The lowest BCUT2D eigenvalue weighted by Gasteiger charge is -2.01. The lowest BCUT2D eigenvalue weighted by molar-refractivity contribution is 1.10. The monoisotopic (exact) mass is 626 g/mol. The van der Waals surface area contributed by atoms with Crippen molar-refractivity contribution < 1.29 is 0 Å². The molecule has 3 heteroatoms. The molecule has 0 spiro atoms. The molecule has 0 atom stereocenters. The Balaban J connectivity index is 0. The second-order valence-electron chi connectivity index (χ2n) is 6.87. The highest BCUT2D eigenvalue weighted by Gasteiger charge is 1.95. The Morgan fingerprint density at radius 3 is 1.41 bits per heavy atom. The number of rotatable bonds is 6. The highest BCUT2D eigenvalue weighted by Crippen LogP contribution is 2.12. The maximum atomic E-state index is 3.45. The average Bonchev–Trinajstić information content (AvgIpc) is 2.84. The van der Waals surface area contributed by atoms with Gasteiger partial charge in [-0.1, -0.05) is 156 Å². The van der Waals surface area contributed by atoms with E-state index >= 15 is 0 Å². The third-order valence-corrected chi connectivity index (χ3v) is 6.68. The molecule has 0 aliphatic heterocycles. The van der Waals surface area contributed by atoms with E-state index in [1.807, 2.05) is 0 Å². The maximum Gasteiger partial charge on any atom is 0.0285 e. The van der Waals surface area contributed by atoms with Gasteiger partial charge in [0.15, 0.2) is 0 Å². The number of halogens is 3. The molecule has 0 amide bonds. The van der Waals surface area contributed by atoms with Gasteiger partial charge in [0.1, 0.15) is 0 Å². The van der Waals surface area contributed by atoms with E-state index in [-0.39, 0.29) is 14.9 Å². The van der Waals surface area contributed by atoms with E-state index in [1.165, 1.54) is 33.4 Å². The maximum absolute atomic E-state index is 3.45. The van der Waals surface area contributed by atoms with Gasteiger partial charge in [-0.3, -0.25) is 0 Å². The fourth-order valence-electron chi connectivity index (χ4n) is 2.83. The Morgan fingerprint density at radius 2 is 0.969 bits per heavy atom. The second kappa shape index (κ2) is 20.7. The standard InChI is InChI=1S/3C9H11Br.2CH4/c1-2-8-3-5-9(7-10)6-4-8;1-2-8-4-3-5-9(6-8)7-10;1-2-8-5-3-4-6-9(8)7-10;;/h3*3-6H,2,7H2,1H3;2*1H4. The number of benzene rings is 3. The third kappa shape index (κ3) is 13.0. The zero-order valence-corrected chi connectivity index (χ0v) is 23.1. The van der Waals surface area contributed by atoms with Crippen LogP contribution in [0.25, 0.3) is 0 Å². The molecule has 0 aliphatic carbocycles. The minimum atomic E-state index is 0. The van der Waals surface area contributed by atoms with Crippen molar-refractivity contribution in [3.05, 3.63) is 106 Å². The first-order valence-corrected chi connectivity index (χ1v) is 13.9. The predicted molar refractivity (Wildman–Crippen MR) is 159 cm³/mol. The van der Waals surface area contributed by atoms with Crippen LogP contribution in [0.15, 0.2) is 72.8 Å². The third-order valence-electron chi connectivity index (χ3n) is 4.78. The molecule has 0 fully saturated rings. The number of hydrogen-bond acceptors (Lipinski definition) is 0. The SMILES string of the molecule is C.C.CCc1ccc(CBr)cc1.CCc1cccc(CBr)c1.CCc1ccccc1CBr. The van der Waals surface area contributed by atoms with Crippen LogP contribution in [-0.4, -0.2) is 0 Å². The summed E-state index contributed by atoms with van der Waals surface area (Å²) < 4.78 is 0. The van der Waals surface area contributed by atoms with Crippen molar-refractivity contribution in [2.24, 2.45) is 0 Å². The molecule has 0 N–H and O–H groups in total. The van der Waals surface area contributed by atoms with Gasteiger partial charge < -0.3 is 0 Å². The van der Waals surface area contributed by atoms with Gasteiger partial charge in [0.05, 0.1) is 0 Å². The van der Waals surface area contributed by atoms with Gasteiger partial charge in [0, 0.05) is 16.0 Å². The van der Waals surface area contributed by atoms with E-state index in [1.54, 1.807) is 0 Å². The molecule has 3 aromatic rings. The summed E-state index contributed by atoms with van der Waals surface area (Å²) in [7, 11) is 0. The van der Waals surface area contributed by atoms with Gasteiger partial charge in [-0.05, 0) is 52.6 Å². The smallest absolute Gasteiger partial charge is 0.0285 e. The molecular weight excluding hydrogens is 588 g/mol. The van der Waals surface area contributed by atoms with Crippen molar-refractivity contribution >= 4 is 47.8 Å². The van der Waals surface area contributed by atoms with Crippen molar-refractivity contribution in [3.63, 3.8) is 0 Å². The van der Waals surface area contributed by atoms with E-state index < -0.39 is 0 Å². The van der Waals surface area contributed by atoms with Crippen LogP contribution in [0.5, 0.6) is 0 Å². The molecule has 0 saturated heterocycles. The molecule has 0 heterocycles. The van der Waals surface area contributed by atoms with Crippen LogP contribution in [0.4, 0.5) is 0 Å². The molecule has 0 unspecified atom stereocenters. The topological polar surface area (TPSA) is 0 Å². The van der Waals surface area contributed by atoms with Crippen LogP contribution in [-0.2, 0) is 35.3 Å². The highest BCUT2D eigenvalue weighted by atomic mass is 79.9. The summed E-state index contributed by atoms with van der Waals surface area (Å²) in [6.07, 6.45) is 3.38. The first-order valence-electron chi connectivity index (χ1n) is 10.5. The fourth-order valence-corrected chi connectivity index (χ4v) is 4.10. The van der Waals surface area contributed by atoms with E-state index in [4.69, 9.17) is 0 Å². The van der Waals surface area contributed by atoms with Crippen LogP contribution in [0.3, 0.4) is 0 Å². The van der Waals surface area contributed by atoms with E-state index in [0.29, 0.717) is 0 Å². The molecule has 3 aromatic carbocycles. The van der Waals surface area contributed by atoms with Gasteiger partial charge in [-0.2, -0.15) is 0 Å². The molecular formula is C29H41Br3. The highest BCUT2D eigenvalue weighted by molar-refractivity contribution is 9.09. The number of hydrogen-bond donors (Lipinski definition) is 0. The Hall–Kier alpha value is -0.900. The molecule has 0 aliphatic rings. The molecule has 0 nitrogen and oxygen atoms in total. The van der Waals surface area contributed by atoms with Crippen LogP contribution < -0.4 is 0 Å². The molecule has 0 bridgehead atoms. The molecule has 3 rings (SSSR count). The largest absolute Gasteiger partial charge is 0.0876 e. The molecule has 178 valence electrons. The zero-order valence-electron chi connectivity index (χ0n) is 18.3. The summed E-state index contributed by atoms with van der Waals surface area (Å²) >= 11 is 10.3. The molecule has 0 saturated carbocycles. The van der Waals surface area contributed by atoms with Gasteiger partial charge >= 0.3 is 0 Å². The van der Waals surface area contributed by atoms with Gasteiger partial charge in [-0.25, -0.2) is 0 Å². The Labute approximate surface area is 223 Å². The first kappa shape index (κ1) is 33.3. The van der Waals surface area contributed by atoms with E-state index in [2.05, 4.69) is 141 Å². The minimum Gasteiger partial charge on any atom is -0.0876 e. The quantitative estimate of drug-likeness (QED) is 0.238. The van der Waals surface area contributed by atoms with Crippen LogP contribution in [0.2, 0.25) is 0 Å². The van der Waals surface area contributed by atoms with Crippen molar-refractivity contribution in [1.82, 2.24) is 0 Å². The lowest BCUT2D eigenvalue weighted by Crippen LogP contribution is -1.86. The van der Waals surface area contributed by atoms with Crippen LogP contribution >= 0.6 is 47.8 Å². The summed E-state index contributed by atoms with van der Waals surface area (Å²) in [5.74, 6) is 0. The van der Waals surface area contributed by atoms with Gasteiger partial charge in [0.2, 0.25) is 0 Å².